The standard InChI is InChI=1S/C12H15FO/c1-8(14)10-6-5-9(13)7-11(10)12(2,3)4/h5-7H,1-4H3. The highest BCUT2D eigenvalue weighted by Gasteiger charge is 2.20. The smallest absolute Gasteiger partial charge is 0.160 e. The van der Waals surface area contributed by atoms with Crippen LogP contribution in [0.25, 0.3) is 0 Å². The highest BCUT2D eigenvalue weighted by molar-refractivity contribution is 5.95. The number of carbonyl (C=O) groups excluding carboxylic acids is 1. The molecule has 0 aliphatic heterocycles. The van der Waals surface area contributed by atoms with Gasteiger partial charge in [0.1, 0.15) is 5.82 Å². The van der Waals surface area contributed by atoms with Gasteiger partial charge in [0, 0.05) is 5.56 Å². The van der Waals surface area contributed by atoms with Crippen molar-refractivity contribution in [2.45, 2.75) is 33.1 Å². The summed E-state index contributed by atoms with van der Waals surface area (Å²) in [5.74, 6) is -0.310. The molecule has 1 nitrogen and oxygen atoms in total. The van der Waals surface area contributed by atoms with Crippen LogP contribution in [0, 0.1) is 5.82 Å². The predicted octanol–water partition coefficient (Wildman–Crippen LogP) is 3.33. The van der Waals surface area contributed by atoms with Gasteiger partial charge in [-0.1, -0.05) is 20.8 Å². The van der Waals surface area contributed by atoms with E-state index in [0.717, 1.165) is 5.56 Å². The molecule has 0 saturated heterocycles. The van der Waals surface area contributed by atoms with Crippen LogP contribution in [0.5, 0.6) is 0 Å². The van der Waals surface area contributed by atoms with E-state index in [1.165, 1.54) is 19.1 Å². The van der Waals surface area contributed by atoms with Gasteiger partial charge >= 0.3 is 0 Å². The van der Waals surface area contributed by atoms with Gasteiger partial charge in [0.15, 0.2) is 5.78 Å². The van der Waals surface area contributed by atoms with Crippen molar-refractivity contribution in [3.8, 4) is 0 Å². The fraction of sp³-hybridized carbons (Fsp3) is 0.417. The molecule has 2 heteroatoms. The number of benzene rings is 1. The van der Waals surface area contributed by atoms with Gasteiger partial charge in [-0.15, -0.1) is 0 Å². The minimum absolute atomic E-state index is 0.0186. The van der Waals surface area contributed by atoms with Crippen molar-refractivity contribution < 1.29 is 9.18 Å². The van der Waals surface area contributed by atoms with Crippen molar-refractivity contribution >= 4 is 5.78 Å². The lowest BCUT2D eigenvalue weighted by molar-refractivity contribution is 0.101. The van der Waals surface area contributed by atoms with Crippen molar-refractivity contribution in [1.29, 1.82) is 0 Å². The molecule has 1 aromatic rings. The van der Waals surface area contributed by atoms with Gasteiger partial charge in [-0.25, -0.2) is 4.39 Å². The van der Waals surface area contributed by atoms with Crippen LogP contribution in [-0.4, -0.2) is 5.78 Å². The first-order valence-corrected chi connectivity index (χ1v) is 4.63. The molecule has 14 heavy (non-hydrogen) atoms. The zero-order chi connectivity index (χ0) is 10.9. The summed E-state index contributed by atoms with van der Waals surface area (Å²) in [4.78, 5) is 11.3. The Balaban J connectivity index is 3.38. The second-order valence-corrected chi connectivity index (χ2v) is 4.50. The van der Waals surface area contributed by atoms with Crippen LogP contribution in [0.3, 0.4) is 0 Å². The van der Waals surface area contributed by atoms with E-state index in [-0.39, 0.29) is 17.0 Å². The average Bonchev–Trinajstić information content (AvgIpc) is 2.01. The molecule has 76 valence electrons. The Morgan fingerprint density at radius 1 is 1.29 bits per heavy atom. The lowest BCUT2D eigenvalue weighted by Crippen LogP contribution is -2.16. The van der Waals surface area contributed by atoms with Crippen molar-refractivity contribution in [2.24, 2.45) is 0 Å². The fourth-order valence-corrected chi connectivity index (χ4v) is 1.44. The monoisotopic (exact) mass is 194 g/mol. The SMILES string of the molecule is CC(=O)c1ccc(F)cc1C(C)(C)C. The van der Waals surface area contributed by atoms with Gasteiger partial charge in [0.05, 0.1) is 0 Å². The van der Waals surface area contributed by atoms with Crippen LogP contribution in [0.2, 0.25) is 0 Å². The Morgan fingerprint density at radius 2 is 1.86 bits per heavy atom. The molecule has 0 radical (unpaired) electrons. The maximum absolute atomic E-state index is 13.0. The Morgan fingerprint density at radius 3 is 2.29 bits per heavy atom. The lowest BCUT2D eigenvalue weighted by Gasteiger charge is -2.21. The lowest BCUT2D eigenvalue weighted by atomic mass is 9.83. The van der Waals surface area contributed by atoms with Gasteiger partial charge in [0.2, 0.25) is 0 Å². The fourth-order valence-electron chi connectivity index (χ4n) is 1.44. The first-order valence-electron chi connectivity index (χ1n) is 4.63. The third kappa shape index (κ3) is 2.19. The Kier molecular flexibility index (Phi) is 2.74. The Bertz CT molecular complexity index is 361. The number of hydrogen-bond acceptors (Lipinski definition) is 1. The highest BCUT2D eigenvalue weighted by Crippen LogP contribution is 2.26. The molecule has 0 fully saturated rings. The molecule has 0 aromatic heterocycles. The van der Waals surface area contributed by atoms with E-state index in [1.54, 1.807) is 6.07 Å². The molecular weight excluding hydrogens is 179 g/mol. The highest BCUT2D eigenvalue weighted by atomic mass is 19.1. The minimum Gasteiger partial charge on any atom is -0.295 e. The van der Waals surface area contributed by atoms with Crippen LogP contribution < -0.4 is 0 Å². The third-order valence-electron chi connectivity index (χ3n) is 2.17. The van der Waals surface area contributed by atoms with E-state index >= 15 is 0 Å². The maximum Gasteiger partial charge on any atom is 0.160 e. The second kappa shape index (κ2) is 3.52. The van der Waals surface area contributed by atoms with Crippen LogP contribution in [0.1, 0.15) is 43.6 Å². The number of ketones is 1. The summed E-state index contributed by atoms with van der Waals surface area (Å²) in [5, 5.41) is 0. The molecular formula is C12H15FO. The van der Waals surface area contributed by atoms with E-state index < -0.39 is 0 Å². The number of hydrogen-bond donors (Lipinski definition) is 0. The molecule has 0 bridgehead atoms. The van der Waals surface area contributed by atoms with Crippen molar-refractivity contribution in [3.05, 3.63) is 35.1 Å². The summed E-state index contributed by atoms with van der Waals surface area (Å²) in [6.07, 6.45) is 0. The molecule has 0 saturated carbocycles. The summed E-state index contributed by atoms with van der Waals surface area (Å²) in [7, 11) is 0. The van der Waals surface area contributed by atoms with Gasteiger partial charge in [0.25, 0.3) is 0 Å². The number of carbonyl (C=O) groups is 1. The first kappa shape index (κ1) is 10.9. The number of halogens is 1. The van der Waals surface area contributed by atoms with E-state index in [0.29, 0.717) is 5.56 Å². The summed E-state index contributed by atoms with van der Waals surface area (Å²) in [6, 6.07) is 4.32. The summed E-state index contributed by atoms with van der Waals surface area (Å²) in [5.41, 5.74) is 1.17. The van der Waals surface area contributed by atoms with Gasteiger partial charge in [-0.2, -0.15) is 0 Å². The normalized spacial score (nSPS) is 11.5. The Labute approximate surface area is 83.9 Å². The predicted molar refractivity (Wildman–Crippen MR) is 55.1 cm³/mol. The maximum atomic E-state index is 13.0. The van der Waals surface area contributed by atoms with Crippen molar-refractivity contribution in [3.63, 3.8) is 0 Å². The number of rotatable bonds is 1. The summed E-state index contributed by atoms with van der Waals surface area (Å²) < 4.78 is 13.0. The molecule has 1 aromatic carbocycles. The molecule has 0 aliphatic rings. The molecule has 0 unspecified atom stereocenters. The summed E-state index contributed by atoms with van der Waals surface area (Å²) in [6.45, 7) is 7.40. The molecule has 0 heterocycles. The molecule has 0 spiro atoms. The van der Waals surface area contributed by atoms with Crippen molar-refractivity contribution in [2.75, 3.05) is 0 Å². The van der Waals surface area contributed by atoms with E-state index in [9.17, 15) is 9.18 Å². The minimum atomic E-state index is -0.292. The zero-order valence-corrected chi connectivity index (χ0v) is 9.02. The molecule has 0 atom stereocenters. The largest absolute Gasteiger partial charge is 0.295 e. The quantitative estimate of drug-likeness (QED) is 0.627. The van der Waals surface area contributed by atoms with Gasteiger partial charge < -0.3 is 0 Å². The second-order valence-electron chi connectivity index (χ2n) is 4.50. The summed E-state index contributed by atoms with van der Waals surface area (Å²) >= 11 is 0. The van der Waals surface area contributed by atoms with Crippen LogP contribution in [0.4, 0.5) is 4.39 Å². The van der Waals surface area contributed by atoms with E-state index in [1.807, 2.05) is 20.8 Å². The average molecular weight is 194 g/mol. The molecule has 1 rings (SSSR count). The zero-order valence-electron chi connectivity index (χ0n) is 9.02. The van der Waals surface area contributed by atoms with E-state index in [4.69, 9.17) is 0 Å². The topological polar surface area (TPSA) is 17.1 Å². The first-order chi connectivity index (χ1) is 6.32. The third-order valence-corrected chi connectivity index (χ3v) is 2.17. The van der Waals surface area contributed by atoms with Crippen LogP contribution >= 0.6 is 0 Å². The molecule has 0 aliphatic carbocycles. The van der Waals surface area contributed by atoms with Crippen LogP contribution in [0.15, 0.2) is 18.2 Å². The molecule has 0 amide bonds. The van der Waals surface area contributed by atoms with Gasteiger partial charge in [-0.3, -0.25) is 4.79 Å². The Hall–Kier alpha value is -1.18. The van der Waals surface area contributed by atoms with E-state index in [2.05, 4.69) is 0 Å². The van der Waals surface area contributed by atoms with Crippen molar-refractivity contribution in [1.82, 2.24) is 0 Å². The number of Topliss-reactive ketones (excluding diaryl/α,β-unsaturated/α-hetero) is 1. The molecule has 0 N–H and O–H groups in total. The van der Waals surface area contributed by atoms with Crippen LogP contribution in [-0.2, 0) is 5.41 Å². The van der Waals surface area contributed by atoms with Gasteiger partial charge in [-0.05, 0) is 36.1 Å².